The van der Waals surface area contributed by atoms with Crippen molar-refractivity contribution in [2.45, 2.75) is 66.3 Å². The van der Waals surface area contributed by atoms with Crippen LogP contribution in [0.15, 0.2) is 10.9 Å². The van der Waals surface area contributed by atoms with Crippen molar-refractivity contribution in [1.29, 1.82) is 0 Å². The quantitative estimate of drug-likeness (QED) is 0.616. The number of ketones is 1. The number of amides is 1. The molecule has 1 amide bonds. The molecular weight excluding hydrogens is 408 g/mol. The van der Waals surface area contributed by atoms with Crippen LogP contribution in [0.5, 0.6) is 0 Å². The first-order chi connectivity index (χ1) is 15.2. The molecule has 0 saturated carbocycles. The largest absolute Gasteiger partial charge is 0.340 e. The third-order valence-electron chi connectivity index (χ3n) is 6.52. The lowest BCUT2D eigenvalue weighted by Gasteiger charge is -2.32. The maximum Gasteiger partial charge on any atom is 0.276 e. The Labute approximate surface area is 186 Å². The molecule has 3 aromatic rings. The monoisotopic (exact) mass is 438 g/mol. The minimum absolute atomic E-state index is 0.0223. The first-order valence-electron chi connectivity index (χ1n) is 11.1. The van der Waals surface area contributed by atoms with E-state index in [4.69, 9.17) is 0 Å². The second kappa shape index (κ2) is 8.37. The lowest BCUT2D eigenvalue weighted by atomic mass is 9.95. The van der Waals surface area contributed by atoms with Gasteiger partial charge in [0.05, 0.1) is 11.3 Å². The number of hydrogen-bond acceptors (Lipinski definition) is 5. The highest BCUT2D eigenvalue weighted by Crippen LogP contribution is 2.27. The van der Waals surface area contributed by atoms with Crippen LogP contribution in [0.1, 0.15) is 71.3 Å². The lowest BCUT2D eigenvalue weighted by Crippen LogP contribution is -2.41. The Hall–Kier alpha value is -3.23. The first kappa shape index (κ1) is 22.0. The summed E-state index contributed by atoms with van der Waals surface area (Å²) < 4.78 is 3.14. The van der Waals surface area contributed by atoms with Crippen LogP contribution in [-0.4, -0.2) is 54.1 Å². The van der Waals surface area contributed by atoms with Gasteiger partial charge in [-0.05, 0) is 47.0 Å². The Morgan fingerprint density at radius 3 is 2.62 bits per heavy atom. The standard InChI is InChI=1S/C23H30N6O3/c1-6-18-13(2)24-20-10-19(26-29(20)23(18)32)17-8-7-9-27(11-17)21(31)12-28-15(4)22(16(5)30)14(3)25-28/h10,17,26H,6-9,11-12H2,1-5H3. The minimum atomic E-state index is -0.0594. The molecule has 0 spiro atoms. The van der Waals surface area contributed by atoms with Crippen molar-refractivity contribution in [3.8, 4) is 0 Å². The van der Waals surface area contributed by atoms with Gasteiger partial charge in [0.25, 0.3) is 5.56 Å². The normalized spacial score (nSPS) is 16.7. The van der Waals surface area contributed by atoms with E-state index in [0.29, 0.717) is 42.0 Å². The summed E-state index contributed by atoms with van der Waals surface area (Å²) in [6.07, 6.45) is 2.45. The second-order valence-corrected chi connectivity index (χ2v) is 8.68. The van der Waals surface area contributed by atoms with Crippen LogP contribution in [0.25, 0.3) is 5.65 Å². The zero-order chi connectivity index (χ0) is 23.2. The Kier molecular flexibility index (Phi) is 5.75. The number of nitrogens with zero attached hydrogens (tertiary/aromatic N) is 5. The van der Waals surface area contributed by atoms with Gasteiger partial charge in [0.15, 0.2) is 11.4 Å². The van der Waals surface area contributed by atoms with E-state index in [0.717, 1.165) is 29.9 Å². The number of likely N-dealkylation sites (tertiary alicyclic amines) is 1. The number of piperidine rings is 1. The summed E-state index contributed by atoms with van der Waals surface area (Å²) in [4.78, 5) is 44.1. The molecule has 1 aliphatic rings. The van der Waals surface area contributed by atoms with E-state index in [2.05, 4.69) is 15.2 Å². The number of carbonyl (C=O) groups excluding carboxylic acids is 2. The summed E-state index contributed by atoms with van der Waals surface area (Å²) in [5.41, 5.74) is 4.91. The molecule has 9 heteroatoms. The number of H-pyrrole nitrogens is 1. The first-order valence-corrected chi connectivity index (χ1v) is 11.1. The summed E-state index contributed by atoms with van der Waals surface area (Å²) >= 11 is 0. The van der Waals surface area contributed by atoms with Gasteiger partial charge in [-0.1, -0.05) is 6.92 Å². The third kappa shape index (κ3) is 3.76. The van der Waals surface area contributed by atoms with Gasteiger partial charge in [0, 0.05) is 47.7 Å². The van der Waals surface area contributed by atoms with Crippen LogP contribution in [0.2, 0.25) is 0 Å². The Bertz CT molecular complexity index is 1260. The molecule has 0 aromatic carbocycles. The topological polar surface area (TPSA) is 105 Å². The van der Waals surface area contributed by atoms with E-state index in [1.807, 2.05) is 31.7 Å². The zero-order valence-corrected chi connectivity index (χ0v) is 19.4. The molecule has 1 N–H and O–H groups in total. The fourth-order valence-corrected chi connectivity index (χ4v) is 4.85. The third-order valence-corrected chi connectivity index (χ3v) is 6.52. The molecule has 0 aliphatic carbocycles. The van der Waals surface area contributed by atoms with Gasteiger partial charge in [0.2, 0.25) is 5.91 Å². The zero-order valence-electron chi connectivity index (χ0n) is 19.4. The van der Waals surface area contributed by atoms with Gasteiger partial charge < -0.3 is 4.90 Å². The van der Waals surface area contributed by atoms with Crippen molar-refractivity contribution in [3.05, 3.63) is 50.3 Å². The Morgan fingerprint density at radius 1 is 1.22 bits per heavy atom. The predicted octanol–water partition coefficient (Wildman–Crippen LogP) is 2.32. The van der Waals surface area contributed by atoms with Crippen molar-refractivity contribution >= 4 is 17.3 Å². The predicted molar refractivity (Wildman–Crippen MR) is 120 cm³/mol. The molecule has 0 bridgehead atoms. The fraction of sp³-hybridized carbons (Fsp3) is 0.522. The van der Waals surface area contributed by atoms with Gasteiger partial charge in [0.1, 0.15) is 6.54 Å². The number of aromatic nitrogens is 5. The molecule has 1 saturated heterocycles. The van der Waals surface area contributed by atoms with Crippen LogP contribution in [0.3, 0.4) is 0 Å². The van der Waals surface area contributed by atoms with Crippen molar-refractivity contribution in [3.63, 3.8) is 0 Å². The van der Waals surface area contributed by atoms with E-state index >= 15 is 0 Å². The summed E-state index contributed by atoms with van der Waals surface area (Å²) in [6.45, 7) is 10.3. The maximum absolute atomic E-state index is 13.0. The molecule has 32 heavy (non-hydrogen) atoms. The molecular formula is C23H30N6O3. The molecule has 1 fully saturated rings. The molecule has 0 radical (unpaired) electrons. The van der Waals surface area contributed by atoms with E-state index in [9.17, 15) is 14.4 Å². The van der Waals surface area contributed by atoms with Gasteiger partial charge >= 0.3 is 0 Å². The number of rotatable bonds is 5. The van der Waals surface area contributed by atoms with E-state index in [1.165, 1.54) is 11.4 Å². The molecule has 1 unspecified atom stereocenters. The number of aryl methyl sites for hydroxylation is 2. The highest BCUT2D eigenvalue weighted by Gasteiger charge is 2.27. The van der Waals surface area contributed by atoms with Crippen LogP contribution < -0.4 is 5.56 Å². The number of nitrogens with one attached hydrogen (secondary N) is 1. The summed E-state index contributed by atoms with van der Waals surface area (Å²) in [5, 5.41) is 7.63. The SMILES string of the molecule is CCc1c(C)nc2cc(C3CCCN(C(=O)Cn4nc(C)c(C(C)=O)c4C)C3)[nH]n2c1=O. The average molecular weight is 439 g/mol. The average Bonchev–Trinajstić information content (AvgIpc) is 3.29. The summed E-state index contributed by atoms with van der Waals surface area (Å²) in [6, 6.07) is 1.92. The van der Waals surface area contributed by atoms with Crippen LogP contribution in [-0.2, 0) is 17.8 Å². The van der Waals surface area contributed by atoms with Crippen LogP contribution >= 0.6 is 0 Å². The maximum atomic E-state index is 13.0. The minimum Gasteiger partial charge on any atom is -0.340 e. The van der Waals surface area contributed by atoms with Crippen molar-refractivity contribution in [2.75, 3.05) is 13.1 Å². The number of Topliss-reactive ketones (excluding diaryl/α,β-unsaturated/α-hetero) is 1. The fourth-order valence-electron chi connectivity index (χ4n) is 4.85. The molecule has 170 valence electrons. The highest BCUT2D eigenvalue weighted by molar-refractivity contribution is 5.96. The smallest absolute Gasteiger partial charge is 0.276 e. The molecule has 4 rings (SSSR count). The Morgan fingerprint density at radius 2 is 1.97 bits per heavy atom. The van der Waals surface area contributed by atoms with Gasteiger partial charge in [-0.2, -0.15) is 5.10 Å². The van der Waals surface area contributed by atoms with Crippen molar-refractivity contribution in [2.24, 2.45) is 0 Å². The lowest BCUT2D eigenvalue weighted by molar-refractivity contribution is -0.133. The van der Waals surface area contributed by atoms with E-state index in [1.54, 1.807) is 11.6 Å². The molecule has 1 atom stereocenters. The van der Waals surface area contributed by atoms with Crippen LogP contribution in [0, 0.1) is 20.8 Å². The summed E-state index contributed by atoms with van der Waals surface area (Å²) in [7, 11) is 0. The van der Waals surface area contributed by atoms with E-state index in [-0.39, 0.29) is 29.7 Å². The molecule has 3 aromatic heterocycles. The number of hydrogen-bond donors (Lipinski definition) is 1. The number of aromatic amines is 1. The molecule has 4 heterocycles. The Balaban J connectivity index is 1.54. The van der Waals surface area contributed by atoms with Crippen molar-refractivity contribution < 1.29 is 9.59 Å². The number of carbonyl (C=O) groups is 2. The van der Waals surface area contributed by atoms with Gasteiger partial charge in [-0.15, -0.1) is 0 Å². The molecule has 9 nitrogen and oxygen atoms in total. The van der Waals surface area contributed by atoms with Gasteiger partial charge in [-0.3, -0.25) is 24.2 Å². The van der Waals surface area contributed by atoms with Gasteiger partial charge in [-0.25, -0.2) is 9.50 Å². The van der Waals surface area contributed by atoms with E-state index < -0.39 is 0 Å². The van der Waals surface area contributed by atoms with Crippen LogP contribution in [0.4, 0.5) is 0 Å². The molecule has 1 aliphatic heterocycles. The van der Waals surface area contributed by atoms with Crippen molar-refractivity contribution in [1.82, 2.24) is 29.3 Å². The second-order valence-electron chi connectivity index (χ2n) is 8.68. The summed E-state index contributed by atoms with van der Waals surface area (Å²) in [5.74, 6) is 0.0409. The highest BCUT2D eigenvalue weighted by atomic mass is 16.2. The number of fused-ring (bicyclic) bond motifs is 1.